The summed E-state index contributed by atoms with van der Waals surface area (Å²) < 4.78 is 14.4. The molecule has 1 aliphatic rings. The number of benzene rings is 1. The van der Waals surface area contributed by atoms with E-state index in [-0.39, 0.29) is 12.1 Å². The summed E-state index contributed by atoms with van der Waals surface area (Å²) in [6.45, 7) is 0.370. The summed E-state index contributed by atoms with van der Waals surface area (Å²) in [7, 11) is 0. The maximum atomic E-state index is 13.9. The maximum absolute atomic E-state index is 13.9. The summed E-state index contributed by atoms with van der Waals surface area (Å²) in [5.74, 6) is -2.17. The second-order valence-corrected chi connectivity index (χ2v) is 5.41. The van der Waals surface area contributed by atoms with Gasteiger partial charge in [0.15, 0.2) is 5.78 Å². The second kappa shape index (κ2) is 6.14. The quantitative estimate of drug-likeness (QED) is 0.796. The molecule has 20 heavy (non-hydrogen) atoms. The molecule has 1 amide bonds. The van der Waals surface area contributed by atoms with Gasteiger partial charge in [-0.25, -0.2) is 4.39 Å². The van der Waals surface area contributed by atoms with Crippen molar-refractivity contribution in [1.82, 2.24) is 0 Å². The Labute approximate surface area is 124 Å². The average molecular weight is 339 g/mol. The molecule has 0 unspecified atom stereocenters. The van der Waals surface area contributed by atoms with Crippen LogP contribution >= 0.6 is 15.9 Å². The Hall–Kier alpha value is -1.74. The van der Waals surface area contributed by atoms with Gasteiger partial charge >= 0.3 is 0 Å². The minimum Gasteiger partial charge on any atom is -0.308 e. The summed E-state index contributed by atoms with van der Waals surface area (Å²) in [6.07, 6.45) is 0.735. The molecule has 1 aromatic rings. The lowest BCUT2D eigenvalue weighted by Crippen LogP contribution is -2.44. The first-order valence-electron chi connectivity index (χ1n) is 6.21. The van der Waals surface area contributed by atoms with Crippen molar-refractivity contribution in [2.75, 3.05) is 11.4 Å². The van der Waals surface area contributed by atoms with Crippen molar-refractivity contribution in [3.05, 3.63) is 28.5 Å². The number of hydrogen-bond donors (Lipinski definition) is 0. The lowest BCUT2D eigenvalue weighted by atomic mass is 9.91. The van der Waals surface area contributed by atoms with E-state index in [9.17, 15) is 14.0 Å². The molecule has 2 rings (SSSR count). The van der Waals surface area contributed by atoms with Gasteiger partial charge in [-0.1, -0.05) is 6.07 Å². The van der Waals surface area contributed by atoms with Crippen LogP contribution in [0.3, 0.4) is 0 Å². The molecular weight excluding hydrogens is 327 g/mol. The van der Waals surface area contributed by atoms with Gasteiger partial charge in [0.05, 0.1) is 24.1 Å². The summed E-state index contributed by atoms with van der Waals surface area (Å²) >= 11 is 3.23. The molecule has 1 fully saturated rings. The standard InChI is InChI=1S/C14H12BrFN2O2/c15-10-4-1-5-11(16)13(10)18-8-2-3-9(14(18)20)12(19)6-7-17/h1,4-5,9H,2-3,6,8H2/t9-/m0/s1. The lowest BCUT2D eigenvalue weighted by Gasteiger charge is -2.32. The number of Topliss-reactive ketones (excluding diaryl/α,β-unsaturated/α-hetero) is 1. The molecule has 0 aliphatic carbocycles. The Kier molecular flexibility index (Phi) is 4.50. The lowest BCUT2D eigenvalue weighted by molar-refractivity contribution is -0.133. The van der Waals surface area contributed by atoms with E-state index in [1.807, 2.05) is 0 Å². The molecular formula is C14H12BrFN2O2. The topological polar surface area (TPSA) is 61.2 Å². The fraction of sp³-hybridized carbons (Fsp3) is 0.357. The molecule has 1 heterocycles. The fourth-order valence-electron chi connectivity index (χ4n) is 2.34. The van der Waals surface area contributed by atoms with E-state index in [0.29, 0.717) is 23.9 Å². The van der Waals surface area contributed by atoms with E-state index in [1.165, 1.54) is 17.0 Å². The summed E-state index contributed by atoms with van der Waals surface area (Å²) in [4.78, 5) is 25.4. The Bertz CT molecular complexity index is 577. The number of carbonyl (C=O) groups excluding carboxylic acids is 2. The highest BCUT2D eigenvalue weighted by Gasteiger charge is 2.35. The highest BCUT2D eigenvalue weighted by molar-refractivity contribution is 9.10. The zero-order valence-corrected chi connectivity index (χ0v) is 12.2. The third-order valence-corrected chi connectivity index (χ3v) is 3.93. The zero-order chi connectivity index (χ0) is 14.7. The van der Waals surface area contributed by atoms with E-state index in [4.69, 9.17) is 5.26 Å². The van der Waals surface area contributed by atoms with Crippen molar-refractivity contribution in [1.29, 1.82) is 5.26 Å². The molecule has 1 saturated heterocycles. The fourth-order valence-corrected chi connectivity index (χ4v) is 2.90. The highest BCUT2D eigenvalue weighted by atomic mass is 79.9. The van der Waals surface area contributed by atoms with Crippen molar-refractivity contribution < 1.29 is 14.0 Å². The first-order chi connectivity index (χ1) is 9.56. The Morgan fingerprint density at radius 2 is 2.30 bits per heavy atom. The van der Waals surface area contributed by atoms with E-state index < -0.39 is 23.4 Å². The predicted octanol–water partition coefficient (Wildman–Crippen LogP) is 2.81. The number of ketones is 1. The van der Waals surface area contributed by atoms with Crippen LogP contribution in [0.1, 0.15) is 19.3 Å². The SMILES string of the molecule is N#CCC(=O)[C@@H]1CCCN(c2c(F)cccc2Br)C1=O. The molecule has 0 saturated carbocycles. The minimum atomic E-state index is -0.838. The Morgan fingerprint density at radius 1 is 1.55 bits per heavy atom. The van der Waals surface area contributed by atoms with Crippen molar-refractivity contribution in [2.45, 2.75) is 19.3 Å². The van der Waals surface area contributed by atoms with Crippen LogP contribution in [0.15, 0.2) is 22.7 Å². The van der Waals surface area contributed by atoms with Gasteiger partial charge in [0.1, 0.15) is 5.82 Å². The largest absolute Gasteiger partial charge is 0.308 e. The van der Waals surface area contributed by atoms with E-state index in [0.717, 1.165) is 0 Å². The number of anilines is 1. The van der Waals surface area contributed by atoms with Crippen molar-refractivity contribution in [3.8, 4) is 6.07 Å². The molecule has 4 nitrogen and oxygen atoms in total. The summed E-state index contributed by atoms with van der Waals surface area (Å²) in [5.41, 5.74) is 0.159. The van der Waals surface area contributed by atoms with E-state index in [1.54, 1.807) is 12.1 Å². The zero-order valence-electron chi connectivity index (χ0n) is 10.6. The summed E-state index contributed by atoms with van der Waals surface area (Å²) in [5, 5.41) is 8.56. The highest BCUT2D eigenvalue weighted by Crippen LogP contribution is 2.33. The number of para-hydroxylation sites is 1. The number of piperidine rings is 1. The van der Waals surface area contributed by atoms with Crippen LogP contribution in [0.4, 0.5) is 10.1 Å². The smallest absolute Gasteiger partial charge is 0.237 e. The normalized spacial score (nSPS) is 18.8. The van der Waals surface area contributed by atoms with Gasteiger partial charge in [-0.15, -0.1) is 0 Å². The molecule has 1 aliphatic heterocycles. The molecule has 1 atom stereocenters. The van der Waals surface area contributed by atoms with Gasteiger partial charge in [0.25, 0.3) is 0 Å². The Balaban J connectivity index is 2.32. The molecule has 0 bridgehead atoms. The predicted molar refractivity (Wildman–Crippen MR) is 74.4 cm³/mol. The Morgan fingerprint density at radius 3 is 2.95 bits per heavy atom. The number of rotatable bonds is 3. The van der Waals surface area contributed by atoms with Crippen LogP contribution in [0.25, 0.3) is 0 Å². The molecule has 1 aromatic carbocycles. The van der Waals surface area contributed by atoms with Crippen molar-refractivity contribution >= 4 is 33.3 Å². The van der Waals surface area contributed by atoms with Crippen LogP contribution < -0.4 is 4.90 Å². The molecule has 0 N–H and O–H groups in total. The monoisotopic (exact) mass is 338 g/mol. The first-order valence-corrected chi connectivity index (χ1v) is 7.00. The van der Waals surface area contributed by atoms with Crippen LogP contribution in [-0.2, 0) is 9.59 Å². The number of nitriles is 1. The molecule has 104 valence electrons. The number of amides is 1. The first kappa shape index (κ1) is 14.7. The number of halogens is 2. The van der Waals surface area contributed by atoms with Crippen LogP contribution in [-0.4, -0.2) is 18.2 Å². The maximum Gasteiger partial charge on any atom is 0.237 e. The molecule has 0 spiro atoms. The number of carbonyl (C=O) groups is 2. The number of hydrogen-bond acceptors (Lipinski definition) is 3. The van der Waals surface area contributed by atoms with Gasteiger partial charge in [-0.05, 0) is 40.9 Å². The van der Waals surface area contributed by atoms with Gasteiger partial charge in [0.2, 0.25) is 5.91 Å². The molecule has 6 heteroatoms. The van der Waals surface area contributed by atoms with E-state index in [2.05, 4.69) is 15.9 Å². The third-order valence-electron chi connectivity index (χ3n) is 3.29. The van der Waals surface area contributed by atoms with Crippen LogP contribution in [0.2, 0.25) is 0 Å². The number of nitrogens with zero attached hydrogens (tertiary/aromatic N) is 2. The third kappa shape index (κ3) is 2.73. The van der Waals surface area contributed by atoms with Crippen LogP contribution in [0.5, 0.6) is 0 Å². The van der Waals surface area contributed by atoms with Crippen LogP contribution in [0, 0.1) is 23.1 Å². The van der Waals surface area contributed by atoms with Gasteiger partial charge in [0, 0.05) is 11.0 Å². The molecule has 0 radical (unpaired) electrons. The van der Waals surface area contributed by atoms with Crippen molar-refractivity contribution in [2.24, 2.45) is 5.92 Å². The second-order valence-electron chi connectivity index (χ2n) is 4.56. The van der Waals surface area contributed by atoms with Gasteiger partial charge < -0.3 is 4.90 Å². The van der Waals surface area contributed by atoms with Crippen molar-refractivity contribution in [3.63, 3.8) is 0 Å². The van der Waals surface area contributed by atoms with Gasteiger partial charge in [-0.3, -0.25) is 9.59 Å². The van der Waals surface area contributed by atoms with Gasteiger partial charge in [-0.2, -0.15) is 5.26 Å². The average Bonchev–Trinajstić information content (AvgIpc) is 2.40. The minimum absolute atomic E-state index is 0.159. The summed E-state index contributed by atoms with van der Waals surface area (Å²) in [6, 6.07) is 6.21. The molecule has 0 aromatic heterocycles. The van der Waals surface area contributed by atoms with E-state index >= 15 is 0 Å².